The summed E-state index contributed by atoms with van der Waals surface area (Å²) in [6, 6.07) is 18.6. The van der Waals surface area contributed by atoms with E-state index in [1.165, 1.54) is 19.3 Å². The van der Waals surface area contributed by atoms with Gasteiger partial charge in [0, 0.05) is 19.3 Å². The van der Waals surface area contributed by atoms with Crippen molar-refractivity contribution in [2.75, 3.05) is 0 Å². The van der Waals surface area contributed by atoms with Crippen LogP contribution in [0.1, 0.15) is 115 Å². The first-order valence-corrected chi connectivity index (χ1v) is 15.4. The molecular weight excluding hydrogens is 498 g/mol. The topological polar surface area (TPSA) is 89.8 Å². The van der Waals surface area contributed by atoms with Crippen molar-refractivity contribution in [2.24, 2.45) is 5.92 Å². The fourth-order valence-corrected chi connectivity index (χ4v) is 5.36. The molecule has 0 aromatic heterocycles. The van der Waals surface area contributed by atoms with Gasteiger partial charge in [-0.15, -0.1) is 0 Å². The Morgan fingerprint density at radius 3 is 1.75 bits per heavy atom. The van der Waals surface area contributed by atoms with Gasteiger partial charge >= 0.3 is 0 Å². The van der Waals surface area contributed by atoms with Crippen LogP contribution in [0, 0.1) is 5.92 Å². The van der Waals surface area contributed by atoms with Crippen LogP contribution in [-0.4, -0.2) is 33.1 Å². The molecule has 2 aromatic carbocycles. The Bertz CT molecular complexity index is 932. The first-order chi connectivity index (χ1) is 19.2. The largest absolute Gasteiger partial charge is 0.378 e. The van der Waals surface area contributed by atoms with E-state index >= 15 is 0 Å². The van der Waals surface area contributed by atoms with Crippen LogP contribution in [0.2, 0.25) is 0 Å². The lowest BCUT2D eigenvalue weighted by Gasteiger charge is -2.40. The van der Waals surface area contributed by atoms with Crippen molar-refractivity contribution in [3.63, 3.8) is 0 Å². The highest BCUT2D eigenvalue weighted by Gasteiger charge is 2.42. The van der Waals surface area contributed by atoms with E-state index in [1.807, 2.05) is 86.7 Å². The Hall–Kier alpha value is -2.47. The number of amides is 1. The lowest BCUT2D eigenvalue weighted by atomic mass is 9.76. The Kier molecular flexibility index (Phi) is 15.2. The smallest absolute Gasteiger partial charge is 0.224 e. The molecule has 0 saturated heterocycles. The summed E-state index contributed by atoms with van der Waals surface area (Å²) in [6.07, 6.45) is 15.4. The molecule has 0 radical (unpaired) electrons. The molecule has 2 rings (SSSR count). The second kappa shape index (κ2) is 18.1. The van der Waals surface area contributed by atoms with Gasteiger partial charge in [0.15, 0.2) is 5.79 Å². The average molecular weight is 552 g/mol. The summed E-state index contributed by atoms with van der Waals surface area (Å²) in [5.41, 5.74) is 0.149. The number of carbonyl (C=O) groups is 1. The molecule has 2 aromatic rings. The van der Waals surface area contributed by atoms with Crippen molar-refractivity contribution in [3.05, 3.63) is 83.9 Å². The molecule has 5 nitrogen and oxygen atoms in total. The first-order valence-electron chi connectivity index (χ1n) is 15.4. The molecule has 0 spiro atoms. The van der Waals surface area contributed by atoms with Crippen LogP contribution < -0.4 is 5.32 Å². The lowest BCUT2D eigenvalue weighted by Crippen LogP contribution is -2.54. The van der Waals surface area contributed by atoms with E-state index in [1.54, 1.807) is 0 Å². The van der Waals surface area contributed by atoms with Crippen molar-refractivity contribution in [1.29, 1.82) is 0 Å². The van der Waals surface area contributed by atoms with Crippen LogP contribution in [0.5, 0.6) is 0 Å². The summed E-state index contributed by atoms with van der Waals surface area (Å²) in [6.45, 7) is 6.21. The number of rotatable bonds is 20. The number of carbonyl (C=O) groups excluding carboxylic acids is 1. The number of nitrogens with one attached hydrogen (secondary N) is 1. The minimum atomic E-state index is -1.53. The quantitative estimate of drug-likeness (QED) is 0.0784. The van der Waals surface area contributed by atoms with Gasteiger partial charge in [0.05, 0.1) is 6.04 Å². The van der Waals surface area contributed by atoms with Crippen molar-refractivity contribution >= 4 is 5.91 Å². The fourth-order valence-electron chi connectivity index (χ4n) is 5.36. The third-order valence-corrected chi connectivity index (χ3v) is 7.71. The summed E-state index contributed by atoms with van der Waals surface area (Å²) < 4.78 is 0. The Morgan fingerprint density at radius 2 is 1.25 bits per heavy atom. The molecular formula is C35H53NO4. The van der Waals surface area contributed by atoms with Crippen molar-refractivity contribution < 1.29 is 20.1 Å². The fraction of sp³-hybridized carbons (Fsp3) is 0.571. The maximum Gasteiger partial charge on any atom is 0.224 e. The highest BCUT2D eigenvalue weighted by molar-refractivity contribution is 5.78. The molecule has 4 N–H and O–H groups in total. The SMILES string of the molecule is CCCCCCCC(O)(O)CCCCCC/C=C/CC(=O)N[C@@H](C(C)C)C(O)(c1ccccc1)c1ccccc1. The lowest BCUT2D eigenvalue weighted by molar-refractivity contribution is -0.172. The van der Waals surface area contributed by atoms with Gasteiger partial charge in [-0.3, -0.25) is 4.79 Å². The van der Waals surface area contributed by atoms with Crippen LogP contribution in [-0.2, 0) is 10.4 Å². The second-order valence-electron chi connectivity index (χ2n) is 11.6. The van der Waals surface area contributed by atoms with Crippen molar-refractivity contribution in [1.82, 2.24) is 5.32 Å². The van der Waals surface area contributed by atoms with Gasteiger partial charge in [0.1, 0.15) is 5.60 Å². The summed E-state index contributed by atoms with van der Waals surface area (Å²) >= 11 is 0. The van der Waals surface area contributed by atoms with Gasteiger partial charge in [0.25, 0.3) is 0 Å². The van der Waals surface area contributed by atoms with E-state index in [2.05, 4.69) is 12.2 Å². The number of unbranched alkanes of at least 4 members (excludes halogenated alkanes) is 8. The van der Waals surface area contributed by atoms with E-state index in [4.69, 9.17) is 0 Å². The zero-order chi connectivity index (χ0) is 29.3. The minimum absolute atomic E-state index is 0.00372. The molecule has 40 heavy (non-hydrogen) atoms. The monoisotopic (exact) mass is 551 g/mol. The molecule has 5 heteroatoms. The van der Waals surface area contributed by atoms with Crippen LogP contribution in [0.3, 0.4) is 0 Å². The van der Waals surface area contributed by atoms with Crippen LogP contribution in [0.25, 0.3) is 0 Å². The average Bonchev–Trinajstić information content (AvgIpc) is 2.95. The van der Waals surface area contributed by atoms with E-state index < -0.39 is 17.4 Å². The summed E-state index contributed by atoms with van der Waals surface area (Å²) in [5, 5.41) is 35.6. The number of aliphatic hydroxyl groups is 3. The molecule has 1 amide bonds. The molecule has 1 atom stereocenters. The summed E-state index contributed by atoms with van der Waals surface area (Å²) in [5.74, 6) is -1.64. The number of allylic oxidation sites excluding steroid dienone is 1. The normalized spacial score (nSPS) is 13.2. The third kappa shape index (κ3) is 11.6. The molecule has 0 bridgehead atoms. The third-order valence-electron chi connectivity index (χ3n) is 7.71. The predicted octanol–water partition coefficient (Wildman–Crippen LogP) is 7.39. The number of hydrogen-bond donors (Lipinski definition) is 4. The molecule has 222 valence electrons. The van der Waals surface area contributed by atoms with Gasteiger partial charge in [-0.05, 0) is 42.7 Å². The Morgan fingerprint density at radius 1 is 0.750 bits per heavy atom. The molecule has 0 heterocycles. The summed E-state index contributed by atoms with van der Waals surface area (Å²) in [4.78, 5) is 12.9. The zero-order valence-corrected chi connectivity index (χ0v) is 25.0. The molecule has 0 aliphatic rings. The minimum Gasteiger partial charge on any atom is -0.378 e. The Labute approximate surface area is 242 Å². The molecule has 0 unspecified atom stereocenters. The van der Waals surface area contributed by atoms with Gasteiger partial charge < -0.3 is 20.6 Å². The first kappa shape index (κ1) is 33.7. The zero-order valence-electron chi connectivity index (χ0n) is 25.0. The van der Waals surface area contributed by atoms with E-state index in [0.29, 0.717) is 12.8 Å². The van der Waals surface area contributed by atoms with Crippen LogP contribution >= 0.6 is 0 Å². The summed E-state index contributed by atoms with van der Waals surface area (Å²) in [7, 11) is 0. The van der Waals surface area contributed by atoms with Gasteiger partial charge in [-0.2, -0.15) is 0 Å². The molecule has 0 saturated carbocycles. The standard InChI is InChI=1S/C35H53NO4/c1-4-5-6-11-20-27-34(38,39)28-21-12-9-7-8-10-19-26-32(37)36-33(29(2)3)35(40,30-22-15-13-16-23-30)31-24-17-14-18-25-31/h10,13-19,22-25,29,33,38-40H,4-9,11-12,20-21,26-28H2,1-3H3,(H,36,37)/b19-10+/t33-/m0/s1. The van der Waals surface area contributed by atoms with Gasteiger partial charge in [0.2, 0.25) is 5.91 Å². The molecule has 0 aliphatic heterocycles. The van der Waals surface area contributed by atoms with Crippen LogP contribution in [0.15, 0.2) is 72.8 Å². The van der Waals surface area contributed by atoms with E-state index in [9.17, 15) is 20.1 Å². The highest BCUT2D eigenvalue weighted by Crippen LogP contribution is 2.36. The second-order valence-corrected chi connectivity index (χ2v) is 11.6. The van der Waals surface area contributed by atoms with E-state index in [-0.39, 0.29) is 18.2 Å². The molecule has 0 fully saturated rings. The Balaban J connectivity index is 1.77. The maximum absolute atomic E-state index is 12.9. The number of benzene rings is 2. The van der Waals surface area contributed by atoms with E-state index in [0.717, 1.165) is 56.1 Å². The molecule has 0 aliphatic carbocycles. The highest BCUT2D eigenvalue weighted by atomic mass is 16.5. The number of hydrogen-bond acceptors (Lipinski definition) is 4. The van der Waals surface area contributed by atoms with Crippen LogP contribution in [0.4, 0.5) is 0 Å². The van der Waals surface area contributed by atoms with Gasteiger partial charge in [-0.25, -0.2) is 0 Å². The predicted molar refractivity (Wildman–Crippen MR) is 165 cm³/mol. The maximum atomic E-state index is 12.9. The van der Waals surface area contributed by atoms with Crippen molar-refractivity contribution in [3.8, 4) is 0 Å². The van der Waals surface area contributed by atoms with Gasteiger partial charge in [-0.1, -0.05) is 132 Å². The van der Waals surface area contributed by atoms with Crippen molar-refractivity contribution in [2.45, 2.75) is 122 Å².